The zero-order chi connectivity index (χ0) is 13.0. The monoisotopic (exact) mass is 345 g/mol. The molecule has 0 aromatic heterocycles. The summed E-state index contributed by atoms with van der Waals surface area (Å²) in [6.07, 6.45) is 0. The molecular weight excluding hydrogens is 329 g/mol. The molecule has 0 atom stereocenters. The van der Waals surface area contributed by atoms with E-state index in [1.807, 2.05) is 12.1 Å². The molecule has 0 bridgehead atoms. The second-order valence-corrected chi connectivity index (χ2v) is 5.03. The number of nitrogens with two attached hydrogens (primary N) is 3. The van der Waals surface area contributed by atoms with Gasteiger partial charge in [0.2, 0.25) is 5.96 Å². The van der Waals surface area contributed by atoms with Crippen molar-refractivity contribution in [2.75, 3.05) is 0 Å². The molecule has 1 aromatic rings. The van der Waals surface area contributed by atoms with E-state index in [1.54, 1.807) is 0 Å². The van der Waals surface area contributed by atoms with Gasteiger partial charge in [0.25, 0.3) is 0 Å². The SMILES string of the molecule is CC(C)c1ccc(N=C(N)N=C(N)N)c(I)c1. The van der Waals surface area contributed by atoms with Crippen molar-refractivity contribution in [2.24, 2.45) is 27.2 Å². The van der Waals surface area contributed by atoms with Gasteiger partial charge in [0.15, 0.2) is 5.96 Å². The van der Waals surface area contributed by atoms with Crippen molar-refractivity contribution < 1.29 is 0 Å². The van der Waals surface area contributed by atoms with Gasteiger partial charge in [0.1, 0.15) is 0 Å². The lowest BCUT2D eigenvalue weighted by Crippen LogP contribution is -2.26. The van der Waals surface area contributed by atoms with Crippen LogP contribution in [-0.2, 0) is 0 Å². The molecule has 5 nitrogen and oxygen atoms in total. The van der Waals surface area contributed by atoms with E-state index >= 15 is 0 Å². The number of hydrogen-bond donors (Lipinski definition) is 3. The Morgan fingerprint density at radius 2 is 1.88 bits per heavy atom. The Labute approximate surface area is 114 Å². The smallest absolute Gasteiger partial charge is 0.223 e. The van der Waals surface area contributed by atoms with Gasteiger partial charge in [0, 0.05) is 3.57 Å². The molecule has 0 saturated carbocycles. The van der Waals surface area contributed by atoms with Crippen LogP contribution in [0.2, 0.25) is 0 Å². The lowest BCUT2D eigenvalue weighted by molar-refractivity contribution is 0.865. The summed E-state index contributed by atoms with van der Waals surface area (Å²) in [5.74, 6) is 0.442. The summed E-state index contributed by atoms with van der Waals surface area (Å²) in [7, 11) is 0. The van der Waals surface area contributed by atoms with E-state index in [1.165, 1.54) is 5.56 Å². The van der Waals surface area contributed by atoms with Gasteiger partial charge in [-0.3, -0.25) is 0 Å². The summed E-state index contributed by atoms with van der Waals surface area (Å²) in [5.41, 5.74) is 18.0. The average molecular weight is 345 g/mol. The molecule has 0 unspecified atom stereocenters. The zero-order valence-electron chi connectivity index (χ0n) is 9.81. The summed E-state index contributed by atoms with van der Waals surface area (Å²) in [5, 5.41) is 0. The van der Waals surface area contributed by atoms with Crippen LogP contribution in [0.15, 0.2) is 28.2 Å². The number of nitrogens with zero attached hydrogens (tertiary/aromatic N) is 2. The fourth-order valence-corrected chi connectivity index (χ4v) is 1.91. The maximum Gasteiger partial charge on any atom is 0.223 e. The van der Waals surface area contributed by atoms with Crippen molar-refractivity contribution in [3.05, 3.63) is 27.3 Å². The summed E-state index contributed by atoms with van der Waals surface area (Å²) in [6.45, 7) is 4.28. The highest BCUT2D eigenvalue weighted by atomic mass is 127. The van der Waals surface area contributed by atoms with Gasteiger partial charge in [-0.1, -0.05) is 19.9 Å². The van der Waals surface area contributed by atoms with E-state index in [-0.39, 0.29) is 11.9 Å². The van der Waals surface area contributed by atoms with E-state index < -0.39 is 0 Å². The lowest BCUT2D eigenvalue weighted by atomic mass is 10.0. The molecule has 1 rings (SSSR count). The van der Waals surface area contributed by atoms with E-state index in [9.17, 15) is 0 Å². The van der Waals surface area contributed by atoms with E-state index in [0.29, 0.717) is 5.92 Å². The highest BCUT2D eigenvalue weighted by Crippen LogP contribution is 2.25. The molecular formula is C11H16IN5. The molecule has 92 valence electrons. The van der Waals surface area contributed by atoms with Crippen LogP contribution in [0, 0.1) is 3.57 Å². The van der Waals surface area contributed by atoms with Gasteiger partial charge in [-0.15, -0.1) is 0 Å². The largest absolute Gasteiger partial charge is 0.370 e. The van der Waals surface area contributed by atoms with E-state index in [2.05, 4.69) is 52.5 Å². The number of halogens is 1. The second-order valence-electron chi connectivity index (χ2n) is 3.87. The predicted octanol–water partition coefficient (Wildman–Crippen LogP) is 1.63. The van der Waals surface area contributed by atoms with Crippen LogP contribution in [0.4, 0.5) is 5.69 Å². The summed E-state index contributed by atoms with van der Waals surface area (Å²) in [4.78, 5) is 7.81. The number of benzene rings is 1. The molecule has 0 fully saturated rings. The first-order chi connectivity index (χ1) is 7.90. The Morgan fingerprint density at radius 1 is 1.24 bits per heavy atom. The van der Waals surface area contributed by atoms with Gasteiger partial charge in [-0.25, -0.2) is 4.99 Å². The Hall–Kier alpha value is -1.31. The first kappa shape index (κ1) is 13.8. The lowest BCUT2D eigenvalue weighted by Gasteiger charge is -2.07. The third-order valence-electron chi connectivity index (χ3n) is 2.12. The number of rotatable bonds is 2. The fraction of sp³-hybridized carbons (Fsp3) is 0.273. The fourth-order valence-electron chi connectivity index (χ4n) is 1.25. The molecule has 0 amide bonds. The quantitative estimate of drug-likeness (QED) is 0.431. The Kier molecular flexibility index (Phi) is 4.73. The zero-order valence-corrected chi connectivity index (χ0v) is 12.0. The van der Waals surface area contributed by atoms with Crippen molar-refractivity contribution >= 4 is 40.2 Å². The Balaban J connectivity index is 3.05. The van der Waals surface area contributed by atoms with Crippen molar-refractivity contribution in [2.45, 2.75) is 19.8 Å². The van der Waals surface area contributed by atoms with Crippen LogP contribution in [-0.4, -0.2) is 11.9 Å². The molecule has 0 radical (unpaired) electrons. The number of guanidine groups is 2. The van der Waals surface area contributed by atoms with Gasteiger partial charge < -0.3 is 17.2 Å². The minimum atomic E-state index is -0.0972. The highest BCUT2D eigenvalue weighted by molar-refractivity contribution is 14.1. The van der Waals surface area contributed by atoms with Crippen molar-refractivity contribution in [1.82, 2.24) is 0 Å². The van der Waals surface area contributed by atoms with Crippen LogP contribution in [0.1, 0.15) is 25.3 Å². The standard InChI is InChI=1S/C11H16IN5/c1-6(2)7-3-4-9(8(12)5-7)16-11(15)17-10(13)14/h3-6H,1-2H3,(H6,13,14,15,16,17). The van der Waals surface area contributed by atoms with Gasteiger partial charge >= 0.3 is 0 Å². The number of aliphatic imine (C=N–C) groups is 2. The average Bonchev–Trinajstić information content (AvgIpc) is 2.19. The first-order valence-corrected chi connectivity index (χ1v) is 6.21. The molecule has 0 saturated heterocycles. The molecule has 17 heavy (non-hydrogen) atoms. The molecule has 0 aliphatic carbocycles. The molecule has 0 aliphatic heterocycles. The Morgan fingerprint density at radius 3 is 2.35 bits per heavy atom. The maximum absolute atomic E-state index is 5.57. The first-order valence-electron chi connectivity index (χ1n) is 5.13. The van der Waals surface area contributed by atoms with Crippen molar-refractivity contribution in [1.29, 1.82) is 0 Å². The maximum atomic E-state index is 5.57. The van der Waals surface area contributed by atoms with Crippen LogP contribution < -0.4 is 17.2 Å². The topological polar surface area (TPSA) is 103 Å². The van der Waals surface area contributed by atoms with Gasteiger partial charge in [0.05, 0.1) is 5.69 Å². The summed E-state index contributed by atoms with van der Waals surface area (Å²) in [6, 6.07) is 6.01. The second kappa shape index (κ2) is 5.85. The van der Waals surface area contributed by atoms with Crippen LogP contribution >= 0.6 is 22.6 Å². The van der Waals surface area contributed by atoms with Crippen LogP contribution in [0.3, 0.4) is 0 Å². The Bertz CT molecular complexity index is 461. The molecule has 0 aliphatic rings. The predicted molar refractivity (Wildman–Crippen MR) is 80.3 cm³/mol. The summed E-state index contributed by atoms with van der Waals surface area (Å²) < 4.78 is 1.02. The van der Waals surface area contributed by atoms with Crippen LogP contribution in [0.25, 0.3) is 0 Å². The van der Waals surface area contributed by atoms with Crippen molar-refractivity contribution in [3.8, 4) is 0 Å². The minimum absolute atomic E-state index is 0.0558. The summed E-state index contributed by atoms with van der Waals surface area (Å²) >= 11 is 2.21. The molecule has 6 heteroatoms. The molecule has 6 N–H and O–H groups in total. The van der Waals surface area contributed by atoms with Gasteiger partial charge in [-0.05, 0) is 46.2 Å². The van der Waals surface area contributed by atoms with E-state index in [4.69, 9.17) is 17.2 Å². The normalized spacial score (nSPS) is 11.6. The molecule has 0 heterocycles. The van der Waals surface area contributed by atoms with Gasteiger partial charge in [-0.2, -0.15) is 4.99 Å². The number of hydrogen-bond acceptors (Lipinski definition) is 1. The highest BCUT2D eigenvalue weighted by Gasteiger charge is 2.04. The van der Waals surface area contributed by atoms with Crippen LogP contribution in [0.5, 0.6) is 0 Å². The van der Waals surface area contributed by atoms with Crippen molar-refractivity contribution in [3.63, 3.8) is 0 Å². The molecule has 1 aromatic carbocycles. The minimum Gasteiger partial charge on any atom is -0.370 e. The molecule has 0 spiro atoms. The third-order valence-corrected chi connectivity index (χ3v) is 2.98. The van der Waals surface area contributed by atoms with E-state index in [0.717, 1.165) is 9.26 Å². The third kappa shape index (κ3) is 4.22.